The van der Waals surface area contributed by atoms with Crippen molar-refractivity contribution < 1.29 is 0 Å². The molecule has 1 saturated heterocycles. The lowest BCUT2D eigenvalue weighted by Crippen LogP contribution is -2.69. The van der Waals surface area contributed by atoms with Gasteiger partial charge >= 0.3 is 0 Å². The van der Waals surface area contributed by atoms with Gasteiger partial charge in [-0.1, -0.05) is 97.1 Å². The predicted molar refractivity (Wildman–Crippen MR) is 163 cm³/mol. The van der Waals surface area contributed by atoms with E-state index in [2.05, 4.69) is 153 Å². The van der Waals surface area contributed by atoms with Gasteiger partial charge in [0.25, 0.3) is 5.91 Å². The topological polar surface area (TPSA) is 13.0 Å². The number of para-hydroxylation sites is 6. The molecule has 4 aliphatic heterocycles. The van der Waals surface area contributed by atoms with E-state index in [1.54, 1.807) is 0 Å². The van der Waals surface area contributed by atoms with Crippen molar-refractivity contribution in [2.45, 2.75) is 12.3 Å². The highest BCUT2D eigenvalue weighted by atomic mass is 15.8. The monoisotopic (exact) mass is 512 g/mol. The van der Waals surface area contributed by atoms with Crippen LogP contribution in [0.4, 0.5) is 34.1 Å². The van der Waals surface area contributed by atoms with Gasteiger partial charge in [-0.25, -0.2) is 0 Å². The third-order valence-electron chi connectivity index (χ3n) is 9.09. The van der Waals surface area contributed by atoms with Crippen LogP contribution in [0.15, 0.2) is 145 Å². The van der Waals surface area contributed by atoms with Gasteiger partial charge in [-0.3, -0.25) is 19.6 Å². The summed E-state index contributed by atoms with van der Waals surface area (Å²) < 4.78 is 0. The van der Waals surface area contributed by atoms with E-state index in [1.807, 2.05) is 0 Å². The normalized spacial score (nSPS) is 17.7. The van der Waals surface area contributed by atoms with Crippen LogP contribution in [0, 0.1) is 0 Å². The van der Waals surface area contributed by atoms with E-state index in [0.29, 0.717) is 0 Å². The van der Waals surface area contributed by atoms with Gasteiger partial charge in [0.2, 0.25) is 0 Å². The van der Waals surface area contributed by atoms with Crippen molar-refractivity contribution in [3.8, 4) is 22.3 Å². The molecule has 4 heterocycles. The van der Waals surface area contributed by atoms with E-state index >= 15 is 0 Å². The smallest absolute Gasteiger partial charge is 0.279 e. The fourth-order valence-corrected chi connectivity index (χ4v) is 7.74. The van der Waals surface area contributed by atoms with E-state index in [9.17, 15) is 0 Å². The molecule has 40 heavy (non-hydrogen) atoms. The number of hydrogen-bond donors (Lipinski definition) is 0. The summed E-state index contributed by atoms with van der Waals surface area (Å²) in [4.78, 5) is 10.4. The third-order valence-corrected chi connectivity index (χ3v) is 9.09. The molecular formula is C36H24N4. The first-order valence-corrected chi connectivity index (χ1v) is 14.0. The van der Waals surface area contributed by atoms with Crippen LogP contribution in [0.1, 0.15) is 6.42 Å². The van der Waals surface area contributed by atoms with Crippen molar-refractivity contribution in [1.29, 1.82) is 0 Å². The molecule has 188 valence electrons. The minimum absolute atomic E-state index is 0.743. The van der Waals surface area contributed by atoms with Crippen LogP contribution in [0.25, 0.3) is 22.3 Å². The van der Waals surface area contributed by atoms with E-state index in [4.69, 9.17) is 0 Å². The molecule has 0 radical (unpaired) electrons. The fraction of sp³-hybridized carbons (Fsp3) is 0.0556. The Morgan fingerprint density at radius 3 is 1.02 bits per heavy atom. The van der Waals surface area contributed by atoms with Crippen molar-refractivity contribution in [1.82, 2.24) is 0 Å². The molecule has 1 fully saturated rings. The van der Waals surface area contributed by atoms with Crippen LogP contribution in [0.3, 0.4) is 0 Å². The molecule has 0 bridgehead atoms. The maximum Gasteiger partial charge on any atom is 0.295 e. The molecule has 4 nitrogen and oxygen atoms in total. The van der Waals surface area contributed by atoms with Gasteiger partial charge in [-0.15, -0.1) is 0 Å². The van der Waals surface area contributed by atoms with Crippen LogP contribution in [0.2, 0.25) is 0 Å². The first-order chi connectivity index (χ1) is 19.9. The number of rotatable bonds is 0. The van der Waals surface area contributed by atoms with Crippen LogP contribution >= 0.6 is 0 Å². The number of benzene rings is 5. The fourth-order valence-electron chi connectivity index (χ4n) is 7.74. The maximum atomic E-state index is 2.61. The van der Waals surface area contributed by atoms with Crippen molar-refractivity contribution in [2.75, 3.05) is 19.6 Å². The Bertz CT molecular complexity index is 1840. The minimum Gasteiger partial charge on any atom is -0.279 e. The quantitative estimate of drug-likeness (QED) is 0.206. The number of anilines is 6. The number of hydrogen-bond acceptors (Lipinski definition) is 4. The van der Waals surface area contributed by atoms with E-state index < -0.39 is 5.91 Å². The zero-order valence-electron chi connectivity index (χ0n) is 21.7. The highest BCUT2D eigenvalue weighted by Gasteiger charge is 2.68. The highest BCUT2D eigenvalue weighted by Crippen LogP contribution is 2.67. The summed E-state index contributed by atoms with van der Waals surface area (Å²) in [7, 11) is 0. The Balaban J connectivity index is 1.48. The Morgan fingerprint density at radius 2 is 0.650 bits per heavy atom. The third kappa shape index (κ3) is 2.16. The van der Waals surface area contributed by atoms with Crippen LogP contribution in [-0.2, 0) is 0 Å². The molecule has 10 rings (SSSR count). The average Bonchev–Trinajstić information content (AvgIpc) is 3.62. The summed E-state index contributed by atoms with van der Waals surface area (Å²) in [6.07, 6.45) is 5.73. The highest BCUT2D eigenvalue weighted by molar-refractivity contribution is 6.08. The molecule has 0 atom stereocenters. The Morgan fingerprint density at radius 1 is 0.350 bits per heavy atom. The summed E-state index contributed by atoms with van der Waals surface area (Å²) >= 11 is 0. The second-order valence-electron chi connectivity index (χ2n) is 10.9. The van der Waals surface area contributed by atoms with Gasteiger partial charge in [-0.2, -0.15) is 0 Å². The minimum atomic E-state index is -0.743. The first kappa shape index (κ1) is 20.7. The lowest BCUT2D eigenvalue weighted by atomic mass is 10.00. The molecule has 0 unspecified atom stereocenters. The van der Waals surface area contributed by atoms with E-state index in [1.165, 1.54) is 67.8 Å². The van der Waals surface area contributed by atoms with Gasteiger partial charge in [0.05, 0.1) is 45.5 Å². The predicted octanol–water partition coefficient (Wildman–Crippen LogP) is 8.75. The zero-order valence-corrected chi connectivity index (χ0v) is 21.7. The molecule has 5 aromatic rings. The van der Waals surface area contributed by atoms with Gasteiger partial charge < -0.3 is 0 Å². The molecule has 0 aromatic heterocycles. The Labute approximate surface area is 232 Å². The largest absolute Gasteiger partial charge is 0.295 e. The number of allylic oxidation sites excluding steroid dienone is 2. The van der Waals surface area contributed by atoms with Gasteiger partial charge in [-0.05, 0) is 42.8 Å². The van der Waals surface area contributed by atoms with Crippen LogP contribution in [0.5, 0.6) is 0 Å². The number of nitrogens with zero attached hydrogens (tertiary/aromatic N) is 4. The second-order valence-corrected chi connectivity index (χ2v) is 10.9. The molecule has 1 aliphatic carbocycles. The second kappa shape index (κ2) is 7.04. The summed E-state index contributed by atoms with van der Waals surface area (Å²) in [6.45, 7) is 0. The lowest BCUT2D eigenvalue weighted by molar-refractivity contribution is 0.478. The average molecular weight is 513 g/mol. The molecule has 5 aromatic carbocycles. The maximum absolute atomic E-state index is 2.61. The molecule has 1 spiro atoms. The van der Waals surface area contributed by atoms with Crippen LogP contribution < -0.4 is 19.6 Å². The lowest BCUT2D eigenvalue weighted by Gasteiger charge is -2.51. The van der Waals surface area contributed by atoms with Gasteiger partial charge in [0, 0.05) is 22.3 Å². The molecule has 4 heteroatoms. The summed E-state index contributed by atoms with van der Waals surface area (Å²) in [5.74, 6) is -0.743. The van der Waals surface area contributed by atoms with E-state index in [0.717, 1.165) is 6.42 Å². The van der Waals surface area contributed by atoms with Crippen molar-refractivity contribution in [3.63, 3.8) is 0 Å². The SMILES string of the molecule is C1=C2C(=CC1)N1c3ccccc3-c3ccccc3N3c4ccccc4N4c5ccccc5-c5ccccc5N2C143. The number of fused-ring (bicyclic) bond motifs is 16. The Kier molecular flexibility index (Phi) is 3.65. The molecule has 0 saturated carbocycles. The summed E-state index contributed by atoms with van der Waals surface area (Å²) in [5.41, 5.74) is 14.8. The van der Waals surface area contributed by atoms with Gasteiger partial charge in [0.15, 0.2) is 0 Å². The van der Waals surface area contributed by atoms with E-state index in [-0.39, 0.29) is 0 Å². The summed E-state index contributed by atoms with van der Waals surface area (Å²) in [5, 5.41) is 0. The molecular weight excluding hydrogens is 488 g/mol. The van der Waals surface area contributed by atoms with Gasteiger partial charge in [0.1, 0.15) is 0 Å². The van der Waals surface area contributed by atoms with Crippen molar-refractivity contribution in [3.05, 3.63) is 145 Å². The van der Waals surface area contributed by atoms with Crippen LogP contribution in [-0.4, -0.2) is 5.91 Å². The first-order valence-electron chi connectivity index (χ1n) is 14.0. The van der Waals surface area contributed by atoms with Crippen molar-refractivity contribution in [2.24, 2.45) is 0 Å². The Hall–Kier alpha value is -5.22. The zero-order chi connectivity index (χ0) is 26.0. The molecule has 0 amide bonds. The summed E-state index contributed by atoms with van der Waals surface area (Å²) in [6, 6.07) is 44.6. The molecule has 5 aliphatic rings. The standard InChI is InChI=1S/C36H24N4/c1-5-16-28-24(12-1)26-14-3-7-18-30(26)39-34-22-11-23-35(34)40-31-19-8-4-15-27(31)25-13-2-6-17-29(25)38-33-21-10-9-20-32(33)37(28)36(38,39)40/h1-10,12-23H,11H2. The van der Waals surface area contributed by atoms with Crippen molar-refractivity contribution >= 4 is 34.1 Å². The molecule has 0 N–H and O–H groups in total.